The molecule has 0 radical (unpaired) electrons. The van der Waals surface area contributed by atoms with Crippen LogP contribution in [0.5, 0.6) is 0 Å². The van der Waals surface area contributed by atoms with Crippen molar-refractivity contribution in [3.05, 3.63) is 0 Å². The fourth-order valence-electron chi connectivity index (χ4n) is 4.39. The lowest BCUT2D eigenvalue weighted by atomic mass is 10.0. The molecule has 0 saturated carbocycles. The smallest absolute Gasteiger partial charge is 0.501 e. The van der Waals surface area contributed by atoms with Gasteiger partial charge in [0.25, 0.3) is 0 Å². The molecule has 0 rings (SSSR count). The van der Waals surface area contributed by atoms with Crippen LogP contribution in [-0.2, 0) is 13.3 Å². The van der Waals surface area contributed by atoms with Gasteiger partial charge in [0.1, 0.15) is 0 Å². The highest BCUT2D eigenvalue weighted by Gasteiger charge is 2.40. The molecule has 0 bridgehead atoms. The van der Waals surface area contributed by atoms with Crippen molar-refractivity contribution in [1.82, 2.24) is 0 Å². The first-order chi connectivity index (χ1) is 14.9. The van der Waals surface area contributed by atoms with E-state index >= 15 is 0 Å². The van der Waals surface area contributed by atoms with Gasteiger partial charge in [0.2, 0.25) is 0 Å². The number of halogens is 1. The monoisotopic (exact) mass is 495 g/mol. The molecule has 0 aliphatic rings. The fraction of sp³-hybridized carbons (Fsp3) is 1.00. The van der Waals surface area contributed by atoms with Gasteiger partial charge < -0.3 is 30.2 Å². The molecule has 0 aliphatic heterocycles. The van der Waals surface area contributed by atoms with Gasteiger partial charge in [0.15, 0.2) is 0 Å². The predicted molar refractivity (Wildman–Crippen MR) is 138 cm³/mol. The maximum atomic E-state index is 6.00. The van der Waals surface area contributed by atoms with Gasteiger partial charge in [-0.2, -0.15) is 0 Å². The second-order valence-corrected chi connectivity index (χ2v) is 12.4. The van der Waals surface area contributed by atoms with Crippen LogP contribution in [0.25, 0.3) is 0 Å². The van der Waals surface area contributed by atoms with E-state index in [-0.39, 0.29) is 12.4 Å². The van der Waals surface area contributed by atoms with Crippen molar-refractivity contribution < 1.29 is 30.2 Å². The second kappa shape index (κ2) is 23.1. The standard InChI is InChI=1S/C26H58NO3Si.ClH/c1-7-11-12-13-14-15-16-17-18-19-20-21-22-24-27(5,6)25-23-26-31(28-8-2,29-9-3)30-10-4;/h7-26H2,1-6H3;1H/q+1;/p-1. The number of hydrogen-bond acceptors (Lipinski definition) is 3. The van der Waals surface area contributed by atoms with Crippen LogP contribution in [-0.4, -0.2) is 60.3 Å². The summed E-state index contributed by atoms with van der Waals surface area (Å²) in [5.74, 6) is 0. The van der Waals surface area contributed by atoms with Crippen LogP contribution in [0.4, 0.5) is 0 Å². The normalized spacial score (nSPS) is 12.2. The Morgan fingerprint density at radius 2 is 0.844 bits per heavy atom. The first-order valence-electron chi connectivity index (χ1n) is 13.7. The molecule has 0 spiro atoms. The summed E-state index contributed by atoms with van der Waals surface area (Å²) < 4.78 is 19.1. The Kier molecular flexibility index (Phi) is 24.9. The van der Waals surface area contributed by atoms with Gasteiger partial charge in [-0.15, -0.1) is 0 Å². The maximum absolute atomic E-state index is 6.00. The number of rotatable bonds is 24. The molecule has 0 N–H and O–H groups in total. The molecule has 0 aliphatic carbocycles. The van der Waals surface area contributed by atoms with Crippen LogP contribution >= 0.6 is 0 Å². The van der Waals surface area contributed by atoms with E-state index < -0.39 is 8.80 Å². The first-order valence-corrected chi connectivity index (χ1v) is 15.6. The van der Waals surface area contributed by atoms with Crippen LogP contribution in [0, 0.1) is 0 Å². The van der Waals surface area contributed by atoms with Gasteiger partial charge in [-0.05, 0) is 33.6 Å². The molecule has 196 valence electrons. The molecule has 0 aromatic carbocycles. The van der Waals surface area contributed by atoms with Crippen molar-refractivity contribution in [1.29, 1.82) is 0 Å². The van der Waals surface area contributed by atoms with Crippen molar-refractivity contribution in [2.75, 3.05) is 47.0 Å². The minimum Gasteiger partial charge on any atom is -1.00 e. The first kappa shape index (κ1) is 34.5. The Hall–Kier alpha value is 0.347. The van der Waals surface area contributed by atoms with E-state index in [4.69, 9.17) is 13.3 Å². The van der Waals surface area contributed by atoms with E-state index in [1.807, 2.05) is 20.8 Å². The lowest BCUT2D eigenvalue weighted by molar-refractivity contribution is -0.890. The van der Waals surface area contributed by atoms with E-state index in [1.54, 1.807) is 0 Å². The third-order valence-corrected chi connectivity index (χ3v) is 9.36. The average molecular weight is 496 g/mol. The summed E-state index contributed by atoms with van der Waals surface area (Å²) in [4.78, 5) is 0. The van der Waals surface area contributed by atoms with Crippen molar-refractivity contribution >= 4 is 8.80 Å². The second-order valence-electron chi connectivity index (χ2n) is 9.71. The predicted octanol–water partition coefficient (Wildman–Crippen LogP) is 4.60. The maximum Gasteiger partial charge on any atom is 0.501 e. The molecule has 0 heterocycles. The summed E-state index contributed by atoms with van der Waals surface area (Å²) >= 11 is 0. The Balaban J connectivity index is 0. The van der Waals surface area contributed by atoms with Crippen molar-refractivity contribution in [3.8, 4) is 0 Å². The highest BCUT2D eigenvalue weighted by atomic mass is 35.5. The number of nitrogens with zero attached hydrogens (tertiary/aromatic N) is 1. The van der Waals surface area contributed by atoms with Crippen LogP contribution in [0.3, 0.4) is 0 Å². The summed E-state index contributed by atoms with van der Waals surface area (Å²) in [5.41, 5.74) is 0. The topological polar surface area (TPSA) is 27.7 Å². The summed E-state index contributed by atoms with van der Waals surface area (Å²) in [6, 6.07) is 0.933. The third kappa shape index (κ3) is 19.8. The van der Waals surface area contributed by atoms with Gasteiger partial charge in [0.05, 0.1) is 27.2 Å². The SMILES string of the molecule is CCCCCCCCCCCCCCC[N+](C)(C)CCC[Si](OCC)(OCC)OCC.[Cl-]. The number of unbranched alkanes of at least 4 members (excludes halogenated alkanes) is 12. The summed E-state index contributed by atoms with van der Waals surface area (Å²) in [7, 11) is 2.26. The van der Waals surface area contributed by atoms with Gasteiger partial charge in [-0.1, -0.05) is 77.6 Å². The quantitative estimate of drug-likeness (QED) is 0.111. The molecule has 0 aromatic rings. The van der Waals surface area contributed by atoms with Crippen LogP contribution in [0.2, 0.25) is 6.04 Å². The molecule has 32 heavy (non-hydrogen) atoms. The summed E-state index contributed by atoms with van der Waals surface area (Å²) in [5, 5.41) is 0. The Morgan fingerprint density at radius 1 is 0.500 bits per heavy atom. The zero-order chi connectivity index (χ0) is 23.3. The zero-order valence-electron chi connectivity index (χ0n) is 22.7. The van der Waals surface area contributed by atoms with Gasteiger partial charge in [0, 0.05) is 32.3 Å². The van der Waals surface area contributed by atoms with E-state index in [2.05, 4.69) is 21.0 Å². The molecule has 0 unspecified atom stereocenters. The van der Waals surface area contributed by atoms with Gasteiger partial charge >= 0.3 is 8.80 Å². The van der Waals surface area contributed by atoms with Crippen LogP contribution in [0.15, 0.2) is 0 Å². The third-order valence-electron chi connectivity index (χ3n) is 6.21. The molecular formula is C26H58ClNO3Si. The lowest BCUT2D eigenvalue weighted by Gasteiger charge is -2.32. The Morgan fingerprint density at radius 3 is 1.22 bits per heavy atom. The number of hydrogen-bond donors (Lipinski definition) is 0. The fourth-order valence-corrected chi connectivity index (χ4v) is 6.99. The molecular weight excluding hydrogens is 438 g/mol. The molecule has 6 heteroatoms. The molecule has 0 saturated heterocycles. The molecule has 0 amide bonds. The van der Waals surface area contributed by atoms with Gasteiger partial charge in [-0.3, -0.25) is 0 Å². The van der Waals surface area contributed by atoms with Gasteiger partial charge in [-0.25, -0.2) is 0 Å². The number of quaternary nitrogens is 1. The molecule has 4 nitrogen and oxygen atoms in total. The highest BCUT2D eigenvalue weighted by Crippen LogP contribution is 2.20. The minimum absolute atomic E-state index is 0. The summed E-state index contributed by atoms with van der Waals surface area (Å²) in [6.07, 6.45) is 19.6. The zero-order valence-corrected chi connectivity index (χ0v) is 24.4. The van der Waals surface area contributed by atoms with Crippen LogP contribution in [0.1, 0.15) is 118 Å². The van der Waals surface area contributed by atoms with Crippen molar-refractivity contribution in [3.63, 3.8) is 0 Å². The molecule has 0 fully saturated rings. The van der Waals surface area contributed by atoms with E-state index in [1.165, 1.54) is 96.6 Å². The highest BCUT2D eigenvalue weighted by molar-refractivity contribution is 6.60. The largest absolute Gasteiger partial charge is 1.00 e. The van der Waals surface area contributed by atoms with Crippen molar-refractivity contribution in [2.45, 2.75) is 124 Å². The van der Waals surface area contributed by atoms with Crippen molar-refractivity contribution in [2.24, 2.45) is 0 Å². The van der Waals surface area contributed by atoms with Crippen LogP contribution < -0.4 is 12.4 Å². The molecule has 0 atom stereocenters. The summed E-state index contributed by atoms with van der Waals surface area (Å²) in [6.45, 7) is 12.8. The minimum atomic E-state index is -2.48. The lowest BCUT2D eigenvalue weighted by Crippen LogP contribution is -3.00. The van der Waals surface area contributed by atoms with E-state index in [0.717, 1.165) is 16.9 Å². The van der Waals surface area contributed by atoms with E-state index in [0.29, 0.717) is 19.8 Å². The van der Waals surface area contributed by atoms with E-state index in [9.17, 15) is 0 Å². The Bertz CT molecular complexity index is 369. The molecule has 0 aromatic heterocycles. The Labute approximate surface area is 209 Å². The average Bonchev–Trinajstić information content (AvgIpc) is 2.72.